The summed E-state index contributed by atoms with van der Waals surface area (Å²) < 4.78 is 1.04. The van der Waals surface area contributed by atoms with Crippen LogP contribution in [0, 0.1) is 0 Å². The van der Waals surface area contributed by atoms with Crippen LogP contribution < -0.4 is 0 Å². The molecule has 1 aromatic rings. The summed E-state index contributed by atoms with van der Waals surface area (Å²) in [7, 11) is 3.36. The van der Waals surface area contributed by atoms with E-state index in [1.165, 1.54) is 9.80 Å². The van der Waals surface area contributed by atoms with Crippen molar-refractivity contribution in [2.75, 3.05) is 27.2 Å². The van der Waals surface area contributed by atoms with E-state index in [2.05, 4.69) is 15.9 Å². The van der Waals surface area contributed by atoms with E-state index < -0.39 is 0 Å². The van der Waals surface area contributed by atoms with Gasteiger partial charge in [-0.3, -0.25) is 14.5 Å². The molecule has 8 heteroatoms. The number of imide groups is 1. The minimum atomic E-state index is -0.283. The highest BCUT2D eigenvalue weighted by Crippen LogP contribution is 2.23. The number of carbonyl (C=O) groups is 3. The standard InChI is InChI=1S/C14H18BrN3O3S/c1-16(8-10-5-6-11(15)22-10)12(19)4-3-7-18-13(20)9-17(2)14(18)21/h5-6H,3-4,7-9H2,1-2H3. The van der Waals surface area contributed by atoms with E-state index in [1.54, 1.807) is 30.3 Å². The number of halogens is 1. The van der Waals surface area contributed by atoms with E-state index in [9.17, 15) is 14.4 Å². The predicted octanol–water partition coefficient (Wildman–Crippen LogP) is 2.14. The molecule has 0 spiro atoms. The molecule has 0 saturated carbocycles. The summed E-state index contributed by atoms with van der Waals surface area (Å²) in [5, 5.41) is 0. The van der Waals surface area contributed by atoms with Crippen molar-refractivity contribution in [3.8, 4) is 0 Å². The SMILES string of the molecule is CN(Cc1ccc(Br)s1)C(=O)CCCN1C(=O)CN(C)C1=O. The molecule has 1 aliphatic rings. The number of hydrogen-bond acceptors (Lipinski definition) is 4. The number of thiophene rings is 1. The molecule has 0 aliphatic carbocycles. The van der Waals surface area contributed by atoms with Crippen LogP contribution in [0.2, 0.25) is 0 Å². The Labute approximate surface area is 141 Å². The van der Waals surface area contributed by atoms with Gasteiger partial charge in [-0.25, -0.2) is 4.79 Å². The van der Waals surface area contributed by atoms with Crippen LogP contribution in [0.3, 0.4) is 0 Å². The van der Waals surface area contributed by atoms with Crippen molar-refractivity contribution in [2.24, 2.45) is 0 Å². The minimum Gasteiger partial charge on any atom is -0.341 e. The first-order chi connectivity index (χ1) is 10.4. The Morgan fingerprint density at radius 1 is 1.41 bits per heavy atom. The zero-order chi connectivity index (χ0) is 16.3. The molecule has 0 aromatic carbocycles. The molecule has 0 unspecified atom stereocenters. The predicted molar refractivity (Wildman–Crippen MR) is 87.5 cm³/mol. The zero-order valence-electron chi connectivity index (χ0n) is 12.5. The van der Waals surface area contributed by atoms with Gasteiger partial charge in [-0.15, -0.1) is 11.3 Å². The van der Waals surface area contributed by atoms with Crippen molar-refractivity contribution in [3.05, 3.63) is 20.8 Å². The number of carbonyl (C=O) groups excluding carboxylic acids is 3. The molecular formula is C14H18BrN3O3S. The molecular weight excluding hydrogens is 370 g/mol. The molecule has 0 bridgehead atoms. The Morgan fingerprint density at radius 3 is 2.68 bits per heavy atom. The third kappa shape index (κ3) is 4.07. The smallest absolute Gasteiger partial charge is 0.326 e. The summed E-state index contributed by atoms with van der Waals surface area (Å²) in [6, 6.07) is 3.66. The second-order valence-electron chi connectivity index (χ2n) is 5.24. The number of hydrogen-bond donors (Lipinski definition) is 0. The van der Waals surface area contributed by atoms with Crippen molar-refractivity contribution in [2.45, 2.75) is 19.4 Å². The van der Waals surface area contributed by atoms with Crippen LogP contribution in [0.5, 0.6) is 0 Å². The average molecular weight is 388 g/mol. The molecule has 1 aliphatic heterocycles. The first-order valence-corrected chi connectivity index (χ1v) is 8.53. The van der Waals surface area contributed by atoms with Gasteiger partial charge in [-0.05, 0) is 34.5 Å². The highest BCUT2D eigenvalue weighted by Gasteiger charge is 2.32. The lowest BCUT2D eigenvalue weighted by atomic mass is 10.2. The highest BCUT2D eigenvalue weighted by molar-refractivity contribution is 9.11. The van der Waals surface area contributed by atoms with Gasteiger partial charge >= 0.3 is 6.03 Å². The summed E-state index contributed by atoms with van der Waals surface area (Å²) in [6.45, 7) is 0.992. The van der Waals surface area contributed by atoms with Gasteiger partial charge in [0, 0.05) is 31.9 Å². The maximum absolute atomic E-state index is 12.1. The second-order valence-corrected chi connectivity index (χ2v) is 7.79. The van der Waals surface area contributed by atoms with Gasteiger partial charge in [0.1, 0.15) is 6.54 Å². The van der Waals surface area contributed by atoms with Crippen LogP contribution in [0.1, 0.15) is 17.7 Å². The molecule has 120 valence electrons. The number of nitrogens with zero attached hydrogens (tertiary/aromatic N) is 3. The van der Waals surface area contributed by atoms with Crippen LogP contribution in [-0.4, -0.2) is 59.7 Å². The second kappa shape index (κ2) is 7.23. The summed E-state index contributed by atoms with van der Waals surface area (Å²) in [4.78, 5) is 40.8. The van der Waals surface area contributed by atoms with Crippen molar-refractivity contribution in [1.82, 2.24) is 14.7 Å². The van der Waals surface area contributed by atoms with Crippen LogP contribution >= 0.6 is 27.3 Å². The van der Waals surface area contributed by atoms with E-state index in [1.807, 2.05) is 12.1 Å². The highest BCUT2D eigenvalue weighted by atomic mass is 79.9. The number of rotatable bonds is 6. The van der Waals surface area contributed by atoms with Crippen LogP contribution in [0.4, 0.5) is 4.79 Å². The minimum absolute atomic E-state index is 0.0111. The summed E-state index contributed by atoms with van der Waals surface area (Å²) in [5.74, 6) is -0.186. The van der Waals surface area contributed by atoms with E-state index in [0.29, 0.717) is 25.9 Å². The molecule has 1 fully saturated rings. The van der Waals surface area contributed by atoms with Gasteiger partial charge in [0.25, 0.3) is 0 Å². The van der Waals surface area contributed by atoms with Gasteiger partial charge in [-0.1, -0.05) is 0 Å². The van der Waals surface area contributed by atoms with E-state index in [0.717, 1.165) is 8.66 Å². The first kappa shape index (κ1) is 17.0. The third-order valence-corrected chi connectivity index (χ3v) is 5.06. The fourth-order valence-electron chi connectivity index (χ4n) is 2.23. The Hall–Kier alpha value is -1.41. The lowest BCUT2D eigenvalue weighted by Gasteiger charge is -2.17. The van der Waals surface area contributed by atoms with Gasteiger partial charge in [0.15, 0.2) is 0 Å². The van der Waals surface area contributed by atoms with E-state index in [4.69, 9.17) is 0 Å². The van der Waals surface area contributed by atoms with Crippen LogP contribution in [-0.2, 0) is 16.1 Å². The first-order valence-electron chi connectivity index (χ1n) is 6.92. The maximum Gasteiger partial charge on any atom is 0.326 e. The molecule has 2 heterocycles. The van der Waals surface area contributed by atoms with E-state index >= 15 is 0 Å². The number of likely N-dealkylation sites (N-methyl/N-ethyl adjacent to an activating group) is 1. The lowest BCUT2D eigenvalue weighted by molar-refractivity contribution is -0.131. The fourth-order valence-corrected chi connectivity index (χ4v) is 3.76. The number of urea groups is 1. The molecule has 6 nitrogen and oxygen atoms in total. The van der Waals surface area contributed by atoms with Gasteiger partial charge < -0.3 is 9.80 Å². The largest absolute Gasteiger partial charge is 0.341 e. The van der Waals surface area contributed by atoms with Crippen LogP contribution in [0.25, 0.3) is 0 Å². The summed E-state index contributed by atoms with van der Waals surface area (Å²) in [6.07, 6.45) is 0.812. The Bertz CT molecular complexity index is 590. The molecule has 1 saturated heterocycles. The van der Waals surface area contributed by atoms with Gasteiger partial charge in [0.2, 0.25) is 11.8 Å². The quantitative estimate of drug-likeness (QED) is 0.702. The zero-order valence-corrected chi connectivity index (χ0v) is 14.9. The molecule has 0 radical (unpaired) electrons. The lowest BCUT2D eigenvalue weighted by Crippen LogP contribution is -2.33. The Kier molecular flexibility index (Phi) is 5.57. The molecule has 0 atom stereocenters. The summed E-state index contributed by atoms with van der Waals surface area (Å²) in [5.41, 5.74) is 0. The molecule has 0 N–H and O–H groups in total. The monoisotopic (exact) mass is 387 g/mol. The van der Waals surface area contributed by atoms with Crippen molar-refractivity contribution < 1.29 is 14.4 Å². The Balaban J connectivity index is 1.75. The molecule has 4 amide bonds. The van der Waals surface area contributed by atoms with Gasteiger partial charge in [-0.2, -0.15) is 0 Å². The third-order valence-electron chi connectivity index (χ3n) is 3.45. The van der Waals surface area contributed by atoms with Crippen LogP contribution in [0.15, 0.2) is 15.9 Å². The van der Waals surface area contributed by atoms with Crippen molar-refractivity contribution >= 4 is 45.1 Å². The van der Waals surface area contributed by atoms with Gasteiger partial charge in [0.05, 0.1) is 10.3 Å². The molecule has 22 heavy (non-hydrogen) atoms. The van der Waals surface area contributed by atoms with E-state index in [-0.39, 0.29) is 24.4 Å². The normalized spacial score (nSPS) is 14.9. The van der Waals surface area contributed by atoms with Crippen molar-refractivity contribution in [1.29, 1.82) is 0 Å². The molecule has 1 aromatic heterocycles. The average Bonchev–Trinajstić information content (AvgIpc) is 2.96. The maximum atomic E-state index is 12.1. The molecule has 2 rings (SSSR count). The fraction of sp³-hybridized carbons (Fsp3) is 0.500. The topological polar surface area (TPSA) is 60.9 Å². The Morgan fingerprint density at radius 2 is 2.14 bits per heavy atom. The summed E-state index contributed by atoms with van der Waals surface area (Å²) >= 11 is 4.99. The number of amides is 4. The van der Waals surface area contributed by atoms with Crippen molar-refractivity contribution in [3.63, 3.8) is 0 Å².